The second kappa shape index (κ2) is 6.61. The Morgan fingerprint density at radius 1 is 1.05 bits per heavy atom. The topological polar surface area (TPSA) is 40.5 Å². The van der Waals surface area contributed by atoms with E-state index in [1.54, 1.807) is 0 Å². The van der Waals surface area contributed by atoms with E-state index in [4.69, 9.17) is 0 Å². The van der Waals surface area contributed by atoms with Crippen molar-refractivity contribution < 1.29 is 9.90 Å². The molecule has 1 saturated heterocycles. The Kier molecular flexibility index (Phi) is 4.59. The van der Waals surface area contributed by atoms with Crippen LogP contribution in [0.25, 0.3) is 0 Å². The van der Waals surface area contributed by atoms with Crippen molar-refractivity contribution in [2.24, 2.45) is 11.8 Å². The molecule has 2 fully saturated rings. The maximum atomic E-state index is 12.4. The van der Waals surface area contributed by atoms with Crippen LogP contribution < -0.4 is 0 Å². The molecule has 0 radical (unpaired) electrons. The van der Waals surface area contributed by atoms with E-state index in [9.17, 15) is 9.90 Å². The number of carbonyl (C=O) groups excluding carboxylic acids is 1. The Balaban J connectivity index is 1.54. The van der Waals surface area contributed by atoms with E-state index in [0.29, 0.717) is 5.91 Å². The number of piperidine rings is 1. The second-order valence-electron chi connectivity index (χ2n) is 6.50. The van der Waals surface area contributed by atoms with Gasteiger partial charge >= 0.3 is 0 Å². The standard InChI is InChI=1S/C18H25NO2/c20-17(14-6-2-1-3-7-14)15-10-12-19(13-11-15)18(21)16-8-4-5-9-16/h1-3,6-7,15-17,20H,4-5,8-13H2. The van der Waals surface area contributed by atoms with Crippen LogP contribution in [0.2, 0.25) is 0 Å². The zero-order valence-electron chi connectivity index (χ0n) is 12.6. The highest BCUT2D eigenvalue weighted by atomic mass is 16.3. The van der Waals surface area contributed by atoms with Crippen LogP contribution in [0.3, 0.4) is 0 Å². The van der Waals surface area contributed by atoms with Gasteiger partial charge in [0.1, 0.15) is 0 Å². The lowest BCUT2D eigenvalue weighted by Crippen LogP contribution is -2.42. The second-order valence-corrected chi connectivity index (χ2v) is 6.50. The average Bonchev–Trinajstić information content (AvgIpc) is 3.09. The molecule has 1 unspecified atom stereocenters. The van der Waals surface area contributed by atoms with Crippen molar-refractivity contribution >= 4 is 5.91 Å². The molecule has 1 saturated carbocycles. The number of hydrogen-bond donors (Lipinski definition) is 1. The molecule has 3 heteroatoms. The maximum absolute atomic E-state index is 12.4. The highest BCUT2D eigenvalue weighted by Crippen LogP contribution is 2.33. The largest absolute Gasteiger partial charge is 0.388 e. The molecular weight excluding hydrogens is 262 g/mol. The van der Waals surface area contributed by atoms with Gasteiger partial charge in [0.25, 0.3) is 0 Å². The summed E-state index contributed by atoms with van der Waals surface area (Å²) < 4.78 is 0. The zero-order chi connectivity index (χ0) is 14.7. The van der Waals surface area contributed by atoms with Crippen LogP contribution in [0.15, 0.2) is 30.3 Å². The number of aliphatic hydroxyl groups excluding tert-OH is 1. The van der Waals surface area contributed by atoms with E-state index in [1.165, 1.54) is 12.8 Å². The molecule has 0 spiro atoms. The van der Waals surface area contributed by atoms with Gasteiger partial charge in [-0.1, -0.05) is 43.2 Å². The molecule has 0 aromatic heterocycles. The molecule has 1 atom stereocenters. The van der Waals surface area contributed by atoms with Crippen LogP contribution in [0.5, 0.6) is 0 Å². The SMILES string of the molecule is O=C(C1CCCC1)N1CCC(C(O)c2ccccc2)CC1. The Morgan fingerprint density at radius 3 is 2.29 bits per heavy atom. The number of amides is 1. The van der Waals surface area contributed by atoms with E-state index in [2.05, 4.69) is 0 Å². The number of likely N-dealkylation sites (tertiary alicyclic amines) is 1. The van der Waals surface area contributed by atoms with Gasteiger partial charge in [0.05, 0.1) is 6.10 Å². The first-order valence-electron chi connectivity index (χ1n) is 8.27. The fourth-order valence-corrected chi connectivity index (χ4v) is 3.79. The van der Waals surface area contributed by atoms with E-state index in [1.807, 2.05) is 35.2 Å². The fourth-order valence-electron chi connectivity index (χ4n) is 3.79. The van der Waals surface area contributed by atoms with Crippen molar-refractivity contribution in [2.75, 3.05) is 13.1 Å². The normalized spacial score (nSPS) is 22.4. The minimum atomic E-state index is -0.394. The van der Waals surface area contributed by atoms with E-state index >= 15 is 0 Å². The maximum Gasteiger partial charge on any atom is 0.225 e. The Hall–Kier alpha value is -1.35. The van der Waals surface area contributed by atoms with Gasteiger partial charge in [-0.15, -0.1) is 0 Å². The van der Waals surface area contributed by atoms with Crippen molar-refractivity contribution in [3.8, 4) is 0 Å². The molecule has 2 aliphatic rings. The van der Waals surface area contributed by atoms with Gasteiger partial charge in [-0.25, -0.2) is 0 Å². The lowest BCUT2D eigenvalue weighted by atomic mass is 9.87. The van der Waals surface area contributed by atoms with Crippen LogP contribution >= 0.6 is 0 Å². The third kappa shape index (κ3) is 3.29. The van der Waals surface area contributed by atoms with Gasteiger partial charge in [-0.3, -0.25) is 4.79 Å². The van der Waals surface area contributed by atoms with Crippen LogP contribution in [0, 0.1) is 11.8 Å². The van der Waals surface area contributed by atoms with Crippen molar-refractivity contribution in [1.82, 2.24) is 4.90 Å². The number of carbonyl (C=O) groups is 1. The summed E-state index contributed by atoms with van der Waals surface area (Å²) >= 11 is 0. The molecule has 1 amide bonds. The molecule has 1 heterocycles. The summed E-state index contributed by atoms with van der Waals surface area (Å²) in [4.78, 5) is 14.4. The summed E-state index contributed by atoms with van der Waals surface area (Å²) in [6, 6.07) is 9.88. The molecule has 1 aromatic rings. The summed E-state index contributed by atoms with van der Waals surface area (Å²) in [6.07, 6.45) is 5.99. The summed E-state index contributed by atoms with van der Waals surface area (Å²) in [5, 5.41) is 10.5. The molecule has 1 aliphatic heterocycles. The molecule has 1 aliphatic carbocycles. The third-order valence-corrected chi connectivity index (χ3v) is 5.14. The van der Waals surface area contributed by atoms with E-state index in [-0.39, 0.29) is 11.8 Å². The van der Waals surface area contributed by atoms with Gasteiger partial charge in [0.15, 0.2) is 0 Å². The molecule has 3 nitrogen and oxygen atoms in total. The number of hydrogen-bond acceptors (Lipinski definition) is 2. The minimum Gasteiger partial charge on any atom is -0.388 e. The predicted molar refractivity (Wildman–Crippen MR) is 82.7 cm³/mol. The summed E-state index contributed by atoms with van der Waals surface area (Å²) in [7, 11) is 0. The predicted octanol–water partition coefficient (Wildman–Crippen LogP) is 3.15. The van der Waals surface area contributed by atoms with Crippen LogP contribution in [-0.4, -0.2) is 29.0 Å². The molecule has 1 N–H and O–H groups in total. The monoisotopic (exact) mass is 287 g/mol. The number of benzene rings is 1. The number of rotatable bonds is 3. The van der Waals surface area contributed by atoms with Gasteiger partial charge in [-0.2, -0.15) is 0 Å². The van der Waals surface area contributed by atoms with E-state index < -0.39 is 6.10 Å². The number of aliphatic hydroxyl groups is 1. The molecule has 0 bridgehead atoms. The molecule has 3 rings (SSSR count). The highest BCUT2D eigenvalue weighted by Gasteiger charge is 2.32. The van der Waals surface area contributed by atoms with Crippen molar-refractivity contribution in [1.29, 1.82) is 0 Å². The molecule has 21 heavy (non-hydrogen) atoms. The lowest BCUT2D eigenvalue weighted by molar-refractivity contribution is -0.137. The van der Waals surface area contributed by atoms with Crippen molar-refractivity contribution in [2.45, 2.75) is 44.6 Å². The Labute approximate surface area is 127 Å². The Morgan fingerprint density at radius 2 is 1.67 bits per heavy atom. The third-order valence-electron chi connectivity index (χ3n) is 5.14. The first kappa shape index (κ1) is 14.6. The molecule has 114 valence electrons. The van der Waals surface area contributed by atoms with Crippen LogP contribution in [0.1, 0.15) is 50.2 Å². The highest BCUT2D eigenvalue weighted by molar-refractivity contribution is 5.79. The summed E-state index contributed by atoms with van der Waals surface area (Å²) in [5.41, 5.74) is 0.998. The first-order chi connectivity index (χ1) is 10.3. The van der Waals surface area contributed by atoms with Gasteiger partial charge in [-0.05, 0) is 37.2 Å². The summed E-state index contributed by atoms with van der Waals surface area (Å²) in [6.45, 7) is 1.62. The minimum absolute atomic E-state index is 0.278. The zero-order valence-corrected chi connectivity index (χ0v) is 12.6. The van der Waals surface area contributed by atoms with Crippen LogP contribution in [0.4, 0.5) is 0 Å². The van der Waals surface area contributed by atoms with Gasteiger partial charge in [0.2, 0.25) is 5.91 Å². The Bertz CT molecular complexity index is 459. The van der Waals surface area contributed by atoms with Gasteiger partial charge < -0.3 is 10.0 Å². The first-order valence-corrected chi connectivity index (χ1v) is 8.27. The number of nitrogens with zero attached hydrogens (tertiary/aromatic N) is 1. The fraction of sp³-hybridized carbons (Fsp3) is 0.611. The van der Waals surface area contributed by atoms with Crippen molar-refractivity contribution in [3.05, 3.63) is 35.9 Å². The quantitative estimate of drug-likeness (QED) is 0.927. The molecular formula is C18H25NO2. The summed E-state index contributed by atoms with van der Waals surface area (Å²) in [5.74, 6) is 0.917. The van der Waals surface area contributed by atoms with Gasteiger partial charge in [0, 0.05) is 19.0 Å². The van der Waals surface area contributed by atoms with E-state index in [0.717, 1.165) is 44.3 Å². The lowest BCUT2D eigenvalue weighted by Gasteiger charge is -2.35. The molecule has 1 aromatic carbocycles. The van der Waals surface area contributed by atoms with Crippen LogP contribution in [-0.2, 0) is 4.79 Å². The average molecular weight is 287 g/mol. The smallest absolute Gasteiger partial charge is 0.225 e. The van der Waals surface area contributed by atoms with Crippen molar-refractivity contribution in [3.63, 3.8) is 0 Å².